The van der Waals surface area contributed by atoms with Crippen LogP contribution < -0.4 is 10.2 Å². The summed E-state index contributed by atoms with van der Waals surface area (Å²) in [5, 5.41) is 3.30. The number of piperazine rings is 1. The molecule has 1 saturated heterocycles. The predicted molar refractivity (Wildman–Crippen MR) is 79.1 cm³/mol. The highest BCUT2D eigenvalue weighted by Crippen LogP contribution is 2.09. The summed E-state index contributed by atoms with van der Waals surface area (Å²) in [4.78, 5) is 17.3. The standard InChI is InChI=1S/C13H22N6O/c1-14-12(17-6-11-20-2)18-7-9-19(10-8-18)13-15-4-3-5-16-13/h3-5H,6-11H2,1-2H3,(H,14,17). The van der Waals surface area contributed by atoms with Gasteiger partial charge in [-0.1, -0.05) is 0 Å². The van der Waals surface area contributed by atoms with Crippen molar-refractivity contribution >= 4 is 11.9 Å². The number of guanidine groups is 1. The molecule has 7 nitrogen and oxygen atoms in total. The second kappa shape index (κ2) is 7.64. The van der Waals surface area contributed by atoms with Gasteiger partial charge in [0.2, 0.25) is 5.95 Å². The van der Waals surface area contributed by atoms with E-state index in [1.54, 1.807) is 19.5 Å². The normalized spacial score (nSPS) is 16.4. The van der Waals surface area contributed by atoms with E-state index in [2.05, 4.69) is 30.1 Å². The van der Waals surface area contributed by atoms with Crippen LogP contribution in [0.2, 0.25) is 0 Å². The molecule has 0 radical (unpaired) electrons. The minimum absolute atomic E-state index is 0.677. The summed E-state index contributed by atoms with van der Waals surface area (Å²) in [7, 11) is 3.50. The molecule has 1 aliphatic heterocycles. The van der Waals surface area contributed by atoms with Crippen molar-refractivity contribution in [2.45, 2.75) is 0 Å². The summed E-state index contributed by atoms with van der Waals surface area (Å²) in [6.45, 7) is 5.06. The number of aromatic nitrogens is 2. The van der Waals surface area contributed by atoms with Crippen molar-refractivity contribution in [1.29, 1.82) is 0 Å². The minimum Gasteiger partial charge on any atom is -0.383 e. The molecule has 2 heterocycles. The molecule has 20 heavy (non-hydrogen) atoms. The molecule has 0 spiro atoms. The van der Waals surface area contributed by atoms with Gasteiger partial charge in [-0.25, -0.2) is 9.97 Å². The number of nitrogens with zero attached hydrogens (tertiary/aromatic N) is 5. The Morgan fingerprint density at radius 1 is 1.30 bits per heavy atom. The molecule has 0 aliphatic carbocycles. The van der Waals surface area contributed by atoms with Gasteiger partial charge >= 0.3 is 0 Å². The molecule has 1 aromatic heterocycles. The largest absolute Gasteiger partial charge is 0.383 e. The highest BCUT2D eigenvalue weighted by molar-refractivity contribution is 5.80. The lowest BCUT2D eigenvalue weighted by molar-refractivity contribution is 0.202. The molecular weight excluding hydrogens is 256 g/mol. The second-order valence-corrected chi connectivity index (χ2v) is 4.49. The third kappa shape index (κ3) is 3.80. The maximum atomic E-state index is 5.04. The third-order valence-corrected chi connectivity index (χ3v) is 3.22. The zero-order chi connectivity index (χ0) is 14.2. The van der Waals surface area contributed by atoms with Crippen LogP contribution in [0.15, 0.2) is 23.5 Å². The molecule has 1 fully saturated rings. The van der Waals surface area contributed by atoms with Crippen LogP contribution in [0.5, 0.6) is 0 Å². The summed E-state index contributed by atoms with van der Waals surface area (Å²) >= 11 is 0. The Morgan fingerprint density at radius 2 is 2.00 bits per heavy atom. The molecule has 0 saturated carbocycles. The van der Waals surface area contributed by atoms with Crippen LogP contribution in [0.4, 0.5) is 5.95 Å². The molecule has 2 rings (SSSR count). The van der Waals surface area contributed by atoms with Gasteiger partial charge in [0.25, 0.3) is 0 Å². The number of methoxy groups -OCH3 is 1. The monoisotopic (exact) mass is 278 g/mol. The highest BCUT2D eigenvalue weighted by Gasteiger charge is 2.20. The smallest absolute Gasteiger partial charge is 0.225 e. The molecule has 0 amide bonds. The predicted octanol–water partition coefficient (Wildman–Crippen LogP) is -0.180. The Balaban J connectivity index is 1.84. The molecule has 0 atom stereocenters. The first kappa shape index (κ1) is 14.5. The molecular formula is C13H22N6O. The average Bonchev–Trinajstić information content (AvgIpc) is 2.53. The number of ether oxygens (including phenoxy) is 1. The molecule has 110 valence electrons. The van der Waals surface area contributed by atoms with Gasteiger partial charge in [-0.3, -0.25) is 4.99 Å². The fraction of sp³-hybridized carbons (Fsp3) is 0.615. The van der Waals surface area contributed by atoms with Crippen molar-refractivity contribution in [3.8, 4) is 0 Å². The maximum absolute atomic E-state index is 5.04. The van der Waals surface area contributed by atoms with Crippen molar-refractivity contribution in [2.24, 2.45) is 4.99 Å². The number of nitrogens with one attached hydrogen (secondary N) is 1. The van der Waals surface area contributed by atoms with E-state index in [0.29, 0.717) is 6.61 Å². The summed E-state index contributed by atoms with van der Waals surface area (Å²) in [6.07, 6.45) is 3.56. The van der Waals surface area contributed by atoms with E-state index in [0.717, 1.165) is 44.6 Å². The fourth-order valence-corrected chi connectivity index (χ4v) is 2.17. The first-order chi connectivity index (χ1) is 9.85. The van der Waals surface area contributed by atoms with E-state index in [9.17, 15) is 0 Å². The fourth-order valence-electron chi connectivity index (χ4n) is 2.17. The lowest BCUT2D eigenvalue weighted by atomic mass is 10.3. The van der Waals surface area contributed by atoms with E-state index in [-0.39, 0.29) is 0 Å². The SMILES string of the molecule is CN=C(NCCOC)N1CCN(c2ncccn2)CC1. The minimum atomic E-state index is 0.677. The molecule has 0 unspecified atom stereocenters. The summed E-state index contributed by atoms with van der Waals surface area (Å²) < 4.78 is 5.04. The molecule has 1 aliphatic rings. The lowest BCUT2D eigenvalue weighted by Crippen LogP contribution is -2.53. The Kier molecular flexibility index (Phi) is 5.55. The first-order valence-electron chi connectivity index (χ1n) is 6.81. The number of anilines is 1. The average molecular weight is 278 g/mol. The second-order valence-electron chi connectivity index (χ2n) is 4.49. The molecule has 1 N–H and O–H groups in total. The van der Waals surface area contributed by atoms with Crippen molar-refractivity contribution in [1.82, 2.24) is 20.2 Å². The van der Waals surface area contributed by atoms with Crippen LogP contribution in [0.3, 0.4) is 0 Å². The van der Waals surface area contributed by atoms with E-state index in [1.165, 1.54) is 0 Å². The molecule has 0 aromatic carbocycles. The van der Waals surface area contributed by atoms with Crippen molar-refractivity contribution < 1.29 is 4.74 Å². The van der Waals surface area contributed by atoms with Crippen LogP contribution in [-0.2, 0) is 4.74 Å². The Hall–Kier alpha value is -1.89. The topological polar surface area (TPSA) is 65.9 Å². The zero-order valence-electron chi connectivity index (χ0n) is 12.1. The molecule has 1 aromatic rings. The number of aliphatic imine (C=N–C) groups is 1. The van der Waals surface area contributed by atoms with E-state index >= 15 is 0 Å². The van der Waals surface area contributed by atoms with Crippen molar-refractivity contribution in [3.63, 3.8) is 0 Å². The van der Waals surface area contributed by atoms with Gasteiger partial charge < -0.3 is 19.9 Å². The van der Waals surface area contributed by atoms with Gasteiger partial charge in [0, 0.05) is 59.3 Å². The maximum Gasteiger partial charge on any atom is 0.225 e. The van der Waals surface area contributed by atoms with Crippen LogP contribution in [0.25, 0.3) is 0 Å². The van der Waals surface area contributed by atoms with E-state index in [1.807, 2.05) is 13.1 Å². The van der Waals surface area contributed by atoms with Crippen LogP contribution in [-0.4, -0.2) is 74.3 Å². The summed E-state index contributed by atoms with van der Waals surface area (Å²) in [5.74, 6) is 1.73. The van der Waals surface area contributed by atoms with Gasteiger partial charge in [-0.2, -0.15) is 0 Å². The Bertz CT molecular complexity index is 416. The van der Waals surface area contributed by atoms with Gasteiger partial charge in [-0.15, -0.1) is 0 Å². The van der Waals surface area contributed by atoms with Crippen LogP contribution in [0.1, 0.15) is 0 Å². The van der Waals surface area contributed by atoms with E-state index in [4.69, 9.17) is 4.74 Å². The lowest BCUT2D eigenvalue weighted by Gasteiger charge is -2.36. The zero-order valence-corrected chi connectivity index (χ0v) is 12.1. The van der Waals surface area contributed by atoms with Crippen molar-refractivity contribution in [3.05, 3.63) is 18.5 Å². The van der Waals surface area contributed by atoms with Gasteiger partial charge in [-0.05, 0) is 6.07 Å². The molecule has 0 bridgehead atoms. The van der Waals surface area contributed by atoms with Gasteiger partial charge in [0.15, 0.2) is 5.96 Å². The van der Waals surface area contributed by atoms with Crippen LogP contribution in [0, 0.1) is 0 Å². The van der Waals surface area contributed by atoms with Crippen molar-refractivity contribution in [2.75, 3.05) is 58.4 Å². The quantitative estimate of drug-likeness (QED) is 0.468. The number of rotatable bonds is 4. The van der Waals surface area contributed by atoms with Gasteiger partial charge in [0.05, 0.1) is 6.61 Å². The van der Waals surface area contributed by atoms with Gasteiger partial charge in [0.1, 0.15) is 0 Å². The molecule has 7 heteroatoms. The Labute approximate surface area is 119 Å². The first-order valence-corrected chi connectivity index (χ1v) is 6.81. The summed E-state index contributed by atoms with van der Waals surface area (Å²) in [5.41, 5.74) is 0. The third-order valence-electron chi connectivity index (χ3n) is 3.22. The Morgan fingerprint density at radius 3 is 2.60 bits per heavy atom. The summed E-state index contributed by atoms with van der Waals surface area (Å²) in [6, 6.07) is 1.83. The number of hydrogen-bond acceptors (Lipinski definition) is 5. The van der Waals surface area contributed by atoms with Crippen LogP contribution >= 0.6 is 0 Å². The highest BCUT2D eigenvalue weighted by atomic mass is 16.5. The van der Waals surface area contributed by atoms with E-state index < -0.39 is 0 Å². The number of hydrogen-bond donors (Lipinski definition) is 1.